The van der Waals surface area contributed by atoms with E-state index in [1.807, 2.05) is 0 Å². The van der Waals surface area contributed by atoms with E-state index in [1.165, 1.54) is 72.8 Å². The van der Waals surface area contributed by atoms with Crippen molar-refractivity contribution < 1.29 is 0 Å². The lowest BCUT2D eigenvalue weighted by atomic mass is 10.1. The van der Waals surface area contributed by atoms with Gasteiger partial charge < -0.3 is 0 Å². The fourth-order valence-corrected chi connectivity index (χ4v) is 5.73. The van der Waals surface area contributed by atoms with Gasteiger partial charge in [0, 0.05) is 0 Å². The van der Waals surface area contributed by atoms with E-state index in [9.17, 15) is 0 Å². The molecule has 2 saturated carbocycles. The normalized spacial score (nSPS) is 27.5. The Morgan fingerprint density at radius 2 is 0.706 bits per heavy atom. The standard InChI is InChI=1S/C16H31P/c1-2-4-8-12-15(11-7-3-1)17-16-13-9-5-6-10-14-16/h15-17H,1-14H2. The minimum Gasteiger partial charge on any atom is -0.116 e. The fraction of sp³-hybridized carbons (Fsp3) is 1.00. The van der Waals surface area contributed by atoms with E-state index >= 15 is 0 Å². The summed E-state index contributed by atoms with van der Waals surface area (Å²) in [7, 11) is 1.32. The van der Waals surface area contributed by atoms with Crippen molar-refractivity contribution in [3.63, 3.8) is 0 Å². The van der Waals surface area contributed by atoms with Gasteiger partial charge in [-0.25, -0.2) is 0 Å². The van der Waals surface area contributed by atoms with Crippen molar-refractivity contribution >= 4 is 8.58 Å². The molecular formula is C16H31P. The van der Waals surface area contributed by atoms with Crippen LogP contribution in [0.15, 0.2) is 0 Å². The van der Waals surface area contributed by atoms with Gasteiger partial charge in [0.1, 0.15) is 0 Å². The second kappa shape index (κ2) is 8.52. The van der Waals surface area contributed by atoms with Crippen molar-refractivity contribution in [3.05, 3.63) is 0 Å². The largest absolute Gasteiger partial charge is 0.116 e. The minimum atomic E-state index is 1.12. The van der Waals surface area contributed by atoms with Gasteiger partial charge in [-0.05, 0) is 37.0 Å². The number of rotatable bonds is 2. The van der Waals surface area contributed by atoms with Gasteiger partial charge in [-0.15, -0.1) is 8.58 Å². The molecule has 0 nitrogen and oxygen atoms in total. The molecule has 0 aromatic carbocycles. The van der Waals surface area contributed by atoms with E-state index in [2.05, 4.69) is 0 Å². The predicted octanol–water partition coefficient (Wildman–Crippen LogP) is 5.89. The lowest BCUT2D eigenvalue weighted by Crippen LogP contribution is -2.08. The zero-order valence-electron chi connectivity index (χ0n) is 11.6. The fourth-order valence-electron chi connectivity index (χ4n) is 3.58. The van der Waals surface area contributed by atoms with E-state index in [0.717, 1.165) is 11.3 Å². The van der Waals surface area contributed by atoms with Crippen molar-refractivity contribution in [1.29, 1.82) is 0 Å². The third-order valence-corrected chi connectivity index (χ3v) is 6.78. The lowest BCUT2D eigenvalue weighted by Gasteiger charge is -2.22. The first-order valence-electron chi connectivity index (χ1n) is 8.21. The van der Waals surface area contributed by atoms with Gasteiger partial charge in [-0.3, -0.25) is 0 Å². The van der Waals surface area contributed by atoms with Gasteiger partial charge in [-0.2, -0.15) is 0 Å². The second-order valence-corrected chi connectivity index (χ2v) is 8.22. The van der Waals surface area contributed by atoms with Crippen LogP contribution in [0.2, 0.25) is 0 Å². The van der Waals surface area contributed by atoms with Crippen LogP contribution in [0.25, 0.3) is 0 Å². The van der Waals surface area contributed by atoms with E-state index < -0.39 is 0 Å². The summed E-state index contributed by atoms with van der Waals surface area (Å²) in [6.45, 7) is 0. The first-order valence-corrected chi connectivity index (χ1v) is 9.37. The zero-order chi connectivity index (χ0) is 11.8. The maximum atomic E-state index is 1.56. The van der Waals surface area contributed by atoms with Crippen LogP contribution in [0.4, 0.5) is 0 Å². The Labute approximate surface area is 110 Å². The van der Waals surface area contributed by atoms with Crippen molar-refractivity contribution in [2.45, 2.75) is 101 Å². The molecule has 0 spiro atoms. The van der Waals surface area contributed by atoms with E-state index in [0.29, 0.717) is 0 Å². The number of hydrogen-bond acceptors (Lipinski definition) is 0. The predicted molar refractivity (Wildman–Crippen MR) is 80.5 cm³/mol. The highest BCUT2D eigenvalue weighted by atomic mass is 31.1. The molecule has 1 unspecified atom stereocenters. The van der Waals surface area contributed by atoms with E-state index in [-0.39, 0.29) is 0 Å². The third-order valence-electron chi connectivity index (χ3n) is 4.68. The molecule has 1 heteroatoms. The molecule has 0 heterocycles. The van der Waals surface area contributed by atoms with Gasteiger partial charge in [-0.1, -0.05) is 64.2 Å². The smallest absolute Gasteiger partial charge is 0.0234 e. The van der Waals surface area contributed by atoms with Gasteiger partial charge in [0.05, 0.1) is 0 Å². The molecule has 0 amide bonds. The summed E-state index contributed by atoms with van der Waals surface area (Å²) in [6, 6.07) is 0. The van der Waals surface area contributed by atoms with Crippen LogP contribution < -0.4 is 0 Å². The molecule has 0 N–H and O–H groups in total. The molecule has 0 radical (unpaired) electrons. The van der Waals surface area contributed by atoms with Gasteiger partial charge in [0.15, 0.2) is 0 Å². The summed E-state index contributed by atoms with van der Waals surface area (Å²) in [5.74, 6) is 0. The third kappa shape index (κ3) is 5.73. The maximum Gasteiger partial charge on any atom is -0.0234 e. The summed E-state index contributed by atoms with van der Waals surface area (Å²) >= 11 is 0. The van der Waals surface area contributed by atoms with Gasteiger partial charge in [0.2, 0.25) is 0 Å². The molecule has 100 valence electrons. The van der Waals surface area contributed by atoms with Crippen molar-refractivity contribution in [2.24, 2.45) is 0 Å². The maximum absolute atomic E-state index is 1.56. The Hall–Kier alpha value is 0.430. The second-order valence-electron chi connectivity index (χ2n) is 6.25. The molecule has 2 aliphatic carbocycles. The van der Waals surface area contributed by atoms with Crippen molar-refractivity contribution in [3.8, 4) is 0 Å². The van der Waals surface area contributed by atoms with Crippen LogP contribution >= 0.6 is 8.58 Å². The molecule has 0 aromatic heterocycles. The molecule has 0 bridgehead atoms. The van der Waals surface area contributed by atoms with Crippen LogP contribution in [0, 0.1) is 0 Å². The SMILES string of the molecule is C1CCCCC(PC2CCCCCC2)CCC1. The Balaban J connectivity index is 1.73. The molecule has 2 aliphatic rings. The summed E-state index contributed by atoms with van der Waals surface area (Å²) in [4.78, 5) is 0. The van der Waals surface area contributed by atoms with Crippen molar-refractivity contribution in [1.82, 2.24) is 0 Å². The molecule has 2 fully saturated rings. The number of hydrogen-bond donors (Lipinski definition) is 0. The van der Waals surface area contributed by atoms with Crippen LogP contribution in [-0.4, -0.2) is 11.3 Å². The quantitative estimate of drug-likeness (QED) is 0.425. The highest BCUT2D eigenvalue weighted by Gasteiger charge is 2.18. The summed E-state index contributed by atoms with van der Waals surface area (Å²) in [6.07, 6.45) is 21.5. The Kier molecular flexibility index (Phi) is 6.94. The molecule has 0 aromatic rings. The summed E-state index contributed by atoms with van der Waals surface area (Å²) in [5, 5.41) is 0. The molecular weight excluding hydrogens is 223 g/mol. The topological polar surface area (TPSA) is 0 Å². The van der Waals surface area contributed by atoms with Gasteiger partial charge in [0.25, 0.3) is 0 Å². The van der Waals surface area contributed by atoms with Gasteiger partial charge >= 0.3 is 0 Å². The average molecular weight is 254 g/mol. The average Bonchev–Trinajstić information content (AvgIpc) is 2.52. The highest BCUT2D eigenvalue weighted by Crippen LogP contribution is 2.39. The molecule has 17 heavy (non-hydrogen) atoms. The van der Waals surface area contributed by atoms with Crippen molar-refractivity contribution in [2.75, 3.05) is 0 Å². The highest BCUT2D eigenvalue weighted by molar-refractivity contribution is 7.39. The summed E-state index contributed by atoms with van der Waals surface area (Å²) < 4.78 is 0. The molecule has 2 rings (SSSR count). The van der Waals surface area contributed by atoms with Crippen LogP contribution in [0.3, 0.4) is 0 Å². The zero-order valence-corrected chi connectivity index (χ0v) is 12.6. The first kappa shape index (κ1) is 13.9. The van der Waals surface area contributed by atoms with E-state index in [1.54, 1.807) is 25.7 Å². The van der Waals surface area contributed by atoms with E-state index in [4.69, 9.17) is 0 Å². The molecule has 0 saturated heterocycles. The Bertz CT molecular complexity index is 172. The Morgan fingerprint density at radius 3 is 1.06 bits per heavy atom. The van der Waals surface area contributed by atoms with Crippen LogP contribution in [0.5, 0.6) is 0 Å². The molecule has 1 atom stereocenters. The molecule has 0 aliphatic heterocycles. The minimum absolute atomic E-state index is 1.12. The Morgan fingerprint density at radius 1 is 0.412 bits per heavy atom. The monoisotopic (exact) mass is 254 g/mol. The first-order chi connectivity index (χ1) is 8.45. The lowest BCUT2D eigenvalue weighted by molar-refractivity contribution is 0.623. The summed E-state index contributed by atoms with van der Waals surface area (Å²) in [5.41, 5.74) is 2.25. The van der Waals surface area contributed by atoms with Crippen LogP contribution in [0.1, 0.15) is 89.9 Å². The van der Waals surface area contributed by atoms with Crippen LogP contribution in [-0.2, 0) is 0 Å².